The number of nitrogens with zero attached hydrogens (tertiary/aromatic N) is 2. The number of aromatic amines is 1. The molecular weight excluding hydrogens is 230 g/mol. The number of nitrogens with one attached hydrogen (secondary N) is 1. The maximum Gasteiger partial charge on any atom is 0.254 e. The van der Waals surface area contributed by atoms with Gasteiger partial charge in [0.15, 0.2) is 0 Å². The molecule has 0 aromatic carbocycles. The van der Waals surface area contributed by atoms with Crippen molar-refractivity contribution in [3.05, 3.63) is 27.4 Å². The molecule has 0 bridgehead atoms. The van der Waals surface area contributed by atoms with E-state index in [0.29, 0.717) is 12.0 Å². The number of hydrogen-bond donors (Lipinski definition) is 2. The summed E-state index contributed by atoms with van der Waals surface area (Å²) in [4.78, 5) is 21.3. The van der Waals surface area contributed by atoms with Gasteiger partial charge in [0.1, 0.15) is 5.82 Å². The summed E-state index contributed by atoms with van der Waals surface area (Å²) in [5, 5.41) is 8.89. The normalized spacial score (nSPS) is 11.2. The van der Waals surface area contributed by atoms with E-state index in [1.54, 1.807) is 0 Å². The van der Waals surface area contributed by atoms with E-state index in [9.17, 15) is 4.79 Å². The number of rotatable bonds is 7. The lowest BCUT2D eigenvalue weighted by molar-refractivity contribution is 0.298. The van der Waals surface area contributed by atoms with Crippen LogP contribution in [0, 0.1) is 6.92 Å². The predicted molar refractivity (Wildman–Crippen MR) is 71.9 cm³/mol. The van der Waals surface area contributed by atoms with Crippen LogP contribution in [0.4, 0.5) is 0 Å². The van der Waals surface area contributed by atoms with Crippen LogP contribution >= 0.6 is 0 Å². The van der Waals surface area contributed by atoms with Gasteiger partial charge in [0.25, 0.3) is 5.56 Å². The highest BCUT2D eigenvalue weighted by Crippen LogP contribution is 2.01. The third kappa shape index (κ3) is 3.92. The Balaban J connectivity index is 2.77. The van der Waals surface area contributed by atoms with Crippen LogP contribution in [0.5, 0.6) is 0 Å². The fourth-order valence-electron chi connectivity index (χ4n) is 2.00. The van der Waals surface area contributed by atoms with Crippen molar-refractivity contribution >= 4 is 0 Å². The van der Waals surface area contributed by atoms with E-state index in [-0.39, 0.29) is 12.2 Å². The van der Waals surface area contributed by atoms with E-state index in [4.69, 9.17) is 5.11 Å². The van der Waals surface area contributed by atoms with Gasteiger partial charge in [-0.3, -0.25) is 4.79 Å². The van der Waals surface area contributed by atoms with Gasteiger partial charge in [0, 0.05) is 37.3 Å². The van der Waals surface area contributed by atoms with Gasteiger partial charge in [-0.25, -0.2) is 4.98 Å². The van der Waals surface area contributed by atoms with Gasteiger partial charge in [-0.05, 0) is 20.0 Å². The zero-order valence-corrected chi connectivity index (χ0v) is 11.5. The van der Waals surface area contributed by atoms with Crippen molar-refractivity contribution in [2.75, 3.05) is 26.2 Å². The maximum atomic E-state index is 11.8. The first kappa shape index (κ1) is 14.9. The van der Waals surface area contributed by atoms with Crippen LogP contribution in [-0.4, -0.2) is 46.2 Å². The lowest BCUT2D eigenvalue weighted by Gasteiger charge is -2.17. The first-order chi connectivity index (χ1) is 8.62. The highest BCUT2D eigenvalue weighted by Gasteiger charge is 2.08. The lowest BCUT2D eigenvalue weighted by Crippen LogP contribution is -2.27. The topological polar surface area (TPSA) is 69.2 Å². The number of aromatic nitrogens is 2. The Bertz CT molecular complexity index is 425. The van der Waals surface area contributed by atoms with Crippen molar-refractivity contribution in [3.8, 4) is 0 Å². The largest absolute Gasteiger partial charge is 0.396 e. The molecule has 5 heteroatoms. The molecule has 1 aromatic rings. The van der Waals surface area contributed by atoms with Gasteiger partial charge in [-0.15, -0.1) is 0 Å². The Morgan fingerprint density at radius 3 is 2.44 bits per heavy atom. The van der Waals surface area contributed by atoms with E-state index >= 15 is 0 Å². The third-order valence-electron chi connectivity index (χ3n) is 3.19. The number of aryl methyl sites for hydroxylation is 1. The number of likely N-dealkylation sites (N-methyl/N-ethyl adjacent to an activating group) is 1. The smallest absolute Gasteiger partial charge is 0.254 e. The van der Waals surface area contributed by atoms with Crippen LogP contribution < -0.4 is 5.56 Å². The molecule has 0 spiro atoms. The predicted octanol–water partition coefficient (Wildman–Crippen LogP) is 0.497. The quantitative estimate of drug-likeness (QED) is 0.742. The number of aliphatic hydroxyl groups is 1. The molecule has 0 aliphatic heterocycles. The highest BCUT2D eigenvalue weighted by atomic mass is 16.3. The first-order valence-electron chi connectivity index (χ1n) is 6.54. The van der Waals surface area contributed by atoms with E-state index in [1.807, 2.05) is 6.92 Å². The van der Waals surface area contributed by atoms with Crippen LogP contribution in [0.15, 0.2) is 4.79 Å². The van der Waals surface area contributed by atoms with Gasteiger partial charge in [0.2, 0.25) is 0 Å². The van der Waals surface area contributed by atoms with Crippen LogP contribution in [0.3, 0.4) is 0 Å². The van der Waals surface area contributed by atoms with Crippen molar-refractivity contribution in [1.82, 2.24) is 14.9 Å². The molecule has 18 heavy (non-hydrogen) atoms. The molecule has 0 unspecified atom stereocenters. The summed E-state index contributed by atoms with van der Waals surface area (Å²) in [5.74, 6) is 0.728. The summed E-state index contributed by atoms with van der Waals surface area (Å²) in [7, 11) is 0. The Labute approximate surface area is 108 Å². The zero-order chi connectivity index (χ0) is 13.5. The Morgan fingerprint density at radius 2 is 1.94 bits per heavy atom. The van der Waals surface area contributed by atoms with Crippen molar-refractivity contribution < 1.29 is 5.11 Å². The molecule has 5 nitrogen and oxygen atoms in total. The van der Waals surface area contributed by atoms with Crippen molar-refractivity contribution in [2.24, 2.45) is 0 Å². The maximum absolute atomic E-state index is 11.8. The molecule has 0 radical (unpaired) electrons. The fraction of sp³-hybridized carbons (Fsp3) is 0.692. The summed E-state index contributed by atoms with van der Waals surface area (Å²) >= 11 is 0. The van der Waals surface area contributed by atoms with Gasteiger partial charge in [0.05, 0.1) is 0 Å². The van der Waals surface area contributed by atoms with E-state index < -0.39 is 0 Å². The molecule has 0 amide bonds. The molecule has 1 aromatic heterocycles. The molecule has 0 saturated heterocycles. The average molecular weight is 253 g/mol. The van der Waals surface area contributed by atoms with E-state index in [2.05, 4.69) is 28.7 Å². The Morgan fingerprint density at radius 1 is 1.28 bits per heavy atom. The molecule has 1 rings (SSSR count). The Hall–Kier alpha value is -1.20. The first-order valence-corrected chi connectivity index (χ1v) is 6.54. The number of H-pyrrole nitrogens is 1. The molecule has 0 aliphatic rings. The summed E-state index contributed by atoms with van der Waals surface area (Å²) in [6.07, 6.45) is 1.11. The summed E-state index contributed by atoms with van der Waals surface area (Å²) < 4.78 is 0. The van der Waals surface area contributed by atoms with Gasteiger partial charge >= 0.3 is 0 Å². The number of aliphatic hydroxyl groups excluding tert-OH is 1. The molecule has 1 heterocycles. The molecule has 0 fully saturated rings. The van der Waals surface area contributed by atoms with Crippen molar-refractivity contribution in [3.63, 3.8) is 0 Å². The minimum absolute atomic E-state index is 0.0234. The van der Waals surface area contributed by atoms with Gasteiger partial charge < -0.3 is 15.0 Å². The molecule has 0 aliphatic carbocycles. The average Bonchev–Trinajstić information content (AvgIpc) is 2.35. The van der Waals surface area contributed by atoms with Crippen molar-refractivity contribution in [2.45, 2.75) is 33.6 Å². The molecule has 0 saturated carbocycles. The highest BCUT2D eigenvalue weighted by molar-refractivity contribution is 5.16. The minimum Gasteiger partial charge on any atom is -0.396 e. The molecular formula is C13H23N3O2. The molecule has 102 valence electrons. The summed E-state index contributed by atoms with van der Waals surface area (Å²) in [5.41, 5.74) is 1.19. The monoisotopic (exact) mass is 253 g/mol. The van der Waals surface area contributed by atoms with Crippen LogP contribution in [0.1, 0.15) is 30.9 Å². The van der Waals surface area contributed by atoms with Crippen molar-refractivity contribution in [1.29, 1.82) is 0 Å². The second-order valence-corrected chi connectivity index (χ2v) is 4.33. The zero-order valence-electron chi connectivity index (χ0n) is 11.5. The third-order valence-corrected chi connectivity index (χ3v) is 3.19. The second kappa shape index (κ2) is 7.28. The number of hydrogen-bond acceptors (Lipinski definition) is 4. The lowest BCUT2D eigenvalue weighted by atomic mass is 10.2. The van der Waals surface area contributed by atoms with Crippen LogP contribution in [-0.2, 0) is 12.8 Å². The van der Waals surface area contributed by atoms with E-state index in [1.165, 1.54) is 0 Å². The summed E-state index contributed by atoms with van der Waals surface area (Å²) in [6.45, 7) is 8.94. The molecule has 0 atom stereocenters. The Kier molecular flexibility index (Phi) is 6.01. The van der Waals surface area contributed by atoms with Gasteiger partial charge in [-0.1, -0.05) is 13.8 Å². The van der Waals surface area contributed by atoms with E-state index in [0.717, 1.165) is 37.6 Å². The fourth-order valence-corrected chi connectivity index (χ4v) is 2.00. The van der Waals surface area contributed by atoms with Gasteiger partial charge in [-0.2, -0.15) is 0 Å². The molecule has 2 N–H and O–H groups in total. The second-order valence-electron chi connectivity index (χ2n) is 4.33. The SMILES string of the molecule is CCN(CC)CCc1nc(C)c(CCO)c(=O)[nH]1. The van der Waals surface area contributed by atoms with Crippen LogP contribution in [0.2, 0.25) is 0 Å². The standard InChI is InChI=1S/C13H23N3O2/c1-4-16(5-2)8-6-12-14-10(3)11(7-9-17)13(18)15-12/h17H,4-9H2,1-3H3,(H,14,15,18). The summed E-state index contributed by atoms with van der Waals surface area (Å²) in [6, 6.07) is 0. The van der Waals surface area contributed by atoms with Crippen LogP contribution in [0.25, 0.3) is 0 Å². The minimum atomic E-state index is -0.119.